The first-order valence-electron chi connectivity index (χ1n) is 3.87. The third-order valence-electron chi connectivity index (χ3n) is 1.60. The van der Waals surface area contributed by atoms with E-state index in [4.69, 9.17) is 5.11 Å². The molecule has 1 fully saturated rings. The second kappa shape index (κ2) is 10.8. The number of hydrogen-bond acceptors (Lipinski definition) is 3. The molecule has 13 heavy (non-hydrogen) atoms. The molecule has 70 valence electrons. The van der Waals surface area contributed by atoms with Crippen LogP contribution in [-0.2, 0) is 4.79 Å². The molecule has 0 spiro atoms. The molecule has 0 aliphatic carbocycles. The molecule has 1 N–H and O–H groups in total. The van der Waals surface area contributed by atoms with E-state index in [1.807, 2.05) is 0 Å². The van der Waals surface area contributed by atoms with Crippen LogP contribution in [0.1, 0.15) is 0 Å². The molecule has 1 saturated heterocycles. The van der Waals surface area contributed by atoms with Gasteiger partial charge in [-0.2, -0.15) is 7.11 Å². The van der Waals surface area contributed by atoms with Gasteiger partial charge in [0, 0.05) is 26.2 Å². The van der Waals surface area contributed by atoms with Crippen molar-refractivity contribution in [2.24, 2.45) is 0 Å². The molecule has 4 nitrogen and oxygen atoms in total. The summed E-state index contributed by atoms with van der Waals surface area (Å²) in [6.45, 7) is 6.85. The minimum Gasteiger partial charge on any atom is -0.857 e. The van der Waals surface area contributed by atoms with Gasteiger partial charge in [0.05, 0.1) is 0 Å². The van der Waals surface area contributed by atoms with E-state index in [2.05, 4.69) is 11.9 Å². The zero-order valence-electron chi connectivity index (χ0n) is 8.38. The maximum absolute atomic E-state index is 10.9. The molecule has 0 radical (unpaired) electrons. The predicted octanol–water partition coefficient (Wildman–Crippen LogP) is -4.42. The molecule has 0 bridgehead atoms. The summed E-state index contributed by atoms with van der Waals surface area (Å²) in [4.78, 5) is 12.7. The summed E-state index contributed by atoms with van der Waals surface area (Å²) in [7, 11) is 0.750. The van der Waals surface area contributed by atoms with Crippen LogP contribution in [0, 0.1) is 0 Å². The number of carbonyl (C=O) groups excluding carboxylic acids is 1. The summed E-state index contributed by atoms with van der Waals surface area (Å²) in [6.07, 6.45) is 1.37. The van der Waals surface area contributed by atoms with Crippen molar-refractivity contribution >= 4 is 5.91 Å². The Morgan fingerprint density at radius 2 is 1.92 bits per heavy atom. The summed E-state index contributed by atoms with van der Waals surface area (Å²) in [6, 6.07) is 0. The Morgan fingerprint density at radius 3 is 2.31 bits per heavy atom. The van der Waals surface area contributed by atoms with E-state index >= 15 is 0 Å². The van der Waals surface area contributed by atoms with Gasteiger partial charge in [0.1, 0.15) is 0 Å². The first-order chi connectivity index (χ1) is 5.84. The van der Waals surface area contributed by atoms with Crippen molar-refractivity contribution < 1.29 is 61.3 Å². The van der Waals surface area contributed by atoms with Crippen molar-refractivity contribution in [1.29, 1.82) is 0 Å². The van der Waals surface area contributed by atoms with Gasteiger partial charge in [-0.25, -0.2) is 0 Å². The van der Waals surface area contributed by atoms with Gasteiger partial charge in [-0.1, -0.05) is 6.58 Å². The van der Waals surface area contributed by atoms with Crippen molar-refractivity contribution in [3.63, 3.8) is 0 Å². The van der Waals surface area contributed by atoms with Crippen molar-refractivity contribution in [2.75, 3.05) is 33.3 Å². The molecule has 1 heterocycles. The molecular weight excluding hydrogens is 195 g/mol. The number of piperazine rings is 1. The average molecular weight is 210 g/mol. The van der Waals surface area contributed by atoms with Gasteiger partial charge in [-0.3, -0.25) is 4.79 Å². The van der Waals surface area contributed by atoms with Crippen LogP contribution in [-0.4, -0.2) is 44.1 Å². The van der Waals surface area contributed by atoms with Crippen LogP contribution in [0.2, 0.25) is 0 Å². The van der Waals surface area contributed by atoms with Gasteiger partial charge in [0.25, 0.3) is 0 Å². The zero-order chi connectivity index (χ0) is 9.40. The van der Waals surface area contributed by atoms with Crippen LogP contribution in [0.25, 0.3) is 0 Å². The zero-order valence-corrected chi connectivity index (χ0v) is 11.5. The topological polar surface area (TPSA) is 55.4 Å². The maximum Gasteiger partial charge on any atom is 1.00 e. The van der Waals surface area contributed by atoms with Crippen LogP contribution < -0.4 is 61.8 Å². The second-order valence-corrected chi connectivity index (χ2v) is 2.28. The van der Waals surface area contributed by atoms with Crippen molar-refractivity contribution in [1.82, 2.24) is 10.2 Å². The van der Waals surface area contributed by atoms with E-state index in [-0.39, 0.29) is 57.3 Å². The van der Waals surface area contributed by atoms with Gasteiger partial charge in [0.15, 0.2) is 0 Å². The smallest absolute Gasteiger partial charge is 0.857 e. The first-order valence-corrected chi connectivity index (χ1v) is 3.87. The van der Waals surface area contributed by atoms with E-state index in [0.717, 1.165) is 33.3 Å². The molecular formula is C8H15KN2O2. The Balaban J connectivity index is 0. The maximum atomic E-state index is 10.9. The third-order valence-corrected chi connectivity index (χ3v) is 1.60. The third kappa shape index (κ3) is 6.79. The first kappa shape index (κ1) is 16.2. The van der Waals surface area contributed by atoms with Gasteiger partial charge >= 0.3 is 51.4 Å². The molecule has 1 aliphatic heterocycles. The standard InChI is InChI=1S/C7H12N2O.CH3O.K/c1-2-7(10)9-5-3-8-4-6-9;1-2;/h2,8H,1,3-6H2;1H3;/q;-1;+1. The molecule has 0 aromatic carbocycles. The second-order valence-electron chi connectivity index (χ2n) is 2.28. The SMILES string of the molecule is C=CC(=O)N1CCNCC1.C[O-].[K+]. The van der Waals surface area contributed by atoms with Crippen LogP contribution in [0.3, 0.4) is 0 Å². The number of rotatable bonds is 1. The number of hydrogen-bond donors (Lipinski definition) is 1. The Labute approximate surface area is 122 Å². The Kier molecular flexibility index (Phi) is 13.5. The summed E-state index contributed by atoms with van der Waals surface area (Å²) < 4.78 is 0. The van der Waals surface area contributed by atoms with Gasteiger partial charge in [-0.15, -0.1) is 0 Å². The van der Waals surface area contributed by atoms with Gasteiger partial charge in [-0.05, 0) is 6.08 Å². The number of nitrogens with zero attached hydrogens (tertiary/aromatic N) is 1. The predicted molar refractivity (Wildman–Crippen MR) is 45.6 cm³/mol. The Hall–Kier alpha value is 0.766. The molecule has 0 atom stereocenters. The number of amides is 1. The molecule has 0 aromatic rings. The average Bonchev–Trinajstić information content (AvgIpc) is 2.21. The van der Waals surface area contributed by atoms with E-state index in [1.165, 1.54) is 6.08 Å². The van der Waals surface area contributed by atoms with Crippen molar-refractivity contribution in [2.45, 2.75) is 0 Å². The van der Waals surface area contributed by atoms with Crippen LogP contribution in [0.15, 0.2) is 12.7 Å². The van der Waals surface area contributed by atoms with Crippen LogP contribution in [0.5, 0.6) is 0 Å². The summed E-state index contributed by atoms with van der Waals surface area (Å²) in [5, 5.41) is 11.4. The number of carbonyl (C=O) groups is 1. The fourth-order valence-corrected chi connectivity index (χ4v) is 1.01. The van der Waals surface area contributed by atoms with E-state index < -0.39 is 0 Å². The minimum absolute atomic E-state index is 0. The summed E-state index contributed by atoms with van der Waals surface area (Å²) >= 11 is 0. The fourth-order valence-electron chi connectivity index (χ4n) is 1.01. The molecule has 1 aliphatic rings. The van der Waals surface area contributed by atoms with E-state index in [1.54, 1.807) is 4.90 Å². The quantitative estimate of drug-likeness (QED) is 0.351. The molecule has 0 saturated carbocycles. The van der Waals surface area contributed by atoms with Crippen LogP contribution in [0.4, 0.5) is 0 Å². The van der Waals surface area contributed by atoms with E-state index in [0.29, 0.717) is 0 Å². The molecule has 0 aromatic heterocycles. The fraction of sp³-hybridized carbons (Fsp3) is 0.625. The van der Waals surface area contributed by atoms with Gasteiger partial charge < -0.3 is 15.3 Å². The molecule has 5 heteroatoms. The van der Waals surface area contributed by atoms with E-state index in [9.17, 15) is 4.79 Å². The minimum atomic E-state index is 0. The summed E-state index contributed by atoms with van der Waals surface area (Å²) in [5.41, 5.74) is 0. The monoisotopic (exact) mass is 210 g/mol. The Bertz CT molecular complexity index is 147. The summed E-state index contributed by atoms with van der Waals surface area (Å²) in [5.74, 6) is 0.0431. The molecule has 0 unspecified atom stereocenters. The Morgan fingerprint density at radius 1 is 1.46 bits per heavy atom. The van der Waals surface area contributed by atoms with Gasteiger partial charge in [0.2, 0.25) is 5.91 Å². The molecule has 1 rings (SSSR count). The van der Waals surface area contributed by atoms with Crippen molar-refractivity contribution in [3.05, 3.63) is 12.7 Å². The number of nitrogens with one attached hydrogen (secondary N) is 1. The normalized spacial score (nSPS) is 14.8. The van der Waals surface area contributed by atoms with Crippen LogP contribution >= 0.6 is 0 Å². The van der Waals surface area contributed by atoms with Crippen molar-refractivity contribution in [3.8, 4) is 0 Å². The molecule has 1 amide bonds. The largest absolute Gasteiger partial charge is 1.00 e.